The van der Waals surface area contributed by atoms with Crippen molar-refractivity contribution >= 4 is 5.91 Å². The minimum atomic E-state index is -0.0818. The minimum absolute atomic E-state index is 0.0291. The number of hydrogen-bond acceptors (Lipinski definition) is 2. The first-order valence-electron chi connectivity index (χ1n) is 5.69. The summed E-state index contributed by atoms with van der Waals surface area (Å²) in [7, 11) is 1.76. The van der Waals surface area contributed by atoms with Gasteiger partial charge in [-0.25, -0.2) is 0 Å². The molecule has 0 heterocycles. The first-order chi connectivity index (χ1) is 7.15. The first-order valence-corrected chi connectivity index (χ1v) is 5.69. The standard InChI is InChI=1S/C12H21NO2/c1-10(9-14)13(2)12(15)8-11-6-4-3-5-7-11/h6,10,14H,3-5,7-9H2,1-2H3. The highest BCUT2D eigenvalue weighted by molar-refractivity contribution is 5.78. The third-order valence-corrected chi connectivity index (χ3v) is 3.08. The van der Waals surface area contributed by atoms with Crippen molar-refractivity contribution in [2.75, 3.05) is 13.7 Å². The molecule has 15 heavy (non-hydrogen) atoms. The van der Waals surface area contributed by atoms with Gasteiger partial charge in [-0.05, 0) is 32.6 Å². The summed E-state index contributed by atoms with van der Waals surface area (Å²) in [6, 6.07) is -0.0818. The van der Waals surface area contributed by atoms with E-state index in [0.29, 0.717) is 6.42 Å². The van der Waals surface area contributed by atoms with Crippen molar-refractivity contribution in [1.82, 2.24) is 4.90 Å². The number of carbonyl (C=O) groups is 1. The Hall–Kier alpha value is -0.830. The Morgan fingerprint density at radius 1 is 1.60 bits per heavy atom. The van der Waals surface area contributed by atoms with Gasteiger partial charge in [0.05, 0.1) is 12.6 Å². The van der Waals surface area contributed by atoms with Gasteiger partial charge in [0.15, 0.2) is 0 Å². The highest BCUT2D eigenvalue weighted by Gasteiger charge is 2.16. The number of carbonyl (C=O) groups excluding carboxylic acids is 1. The van der Waals surface area contributed by atoms with Crippen molar-refractivity contribution in [2.45, 2.75) is 45.1 Å². The SMILES string of the molecule is CC(CO)N(C)C(=O)CC1=CCCCC1. The number of amides is 1. The van der Waals surface area contributed by atoms with Gasteiger partial charge in [0.1, 0.15) is 0 Å². The molecule has 0 aliphatic heterocycles. The molecule has 86 valence electrons. The van der Waals surface area contributed by atoms with Gasteiger partial charge in [0.2, 0.25) is 5.91 Å². The second-order valence-corrected chi connectivity index (χ2v) is 4.32. The van der Waals surface area contributed by atoms with Crippen LogP contribution in [0.25, 0.3) is 0 Å². The van der Waals surface area contributed by atoms with Crippen LogP contribution in [0.2, 0.25) is 0 Å². The van der Waals surface area contributed by atoms with Gasteiger partial charge in [-0.2, -0.15) is 0 Å². The molecule has 0 saturated carbocycles. The van der Waals surface area contributed by atoms with E-state index in [1.807, 2.05) is 6.92 Å². The molecule has 1 aliphatic rings. The molecule has 0 aromatic rings. The smallest absolute Gasteiger partial charge is 0.226 e. The minimum Gasteiger partial charge on any atom is -0.394 e. The first kappa shape index (κ1) is 12.2. The van der Waals surface area contributed by atoms with Crippen LogP contribution in [0.4, 0.5) is 0 Å². The van der Waals surface area contributed by atoms with Crippen LogP contribution in [0, 0.1) is 0 Å². The zero-order chi connectivity index (χ0) is 11.3. The van der Waals surface area contributed by atoms with Gasteiger partial charge in [-0.1, -0.05) is 11.6 Å². The number of hydrogen-bond donors (Lipinski definition) is 1. The van der Waals surface area contributed by atoms with Crippen LogP contribution in [0.1, 0.15) is 39.0 Å². The average molecular weight is 211 g/mol. The Kier molecular flexibility index (Phi) is 4.82. The second-order valence-electron chi connectivity index (χ2n) is 4.32. The number of aliphatic hydroxyl groups excluding tert-OH is 1. The molecule has 1 amide bonds. The van der Waals surface area contributed by atoms with E-state index in [-0.39, 0.29) is 18.6 Å². The van der Waals surface area contributed by atoms with Crippen LogP contribution in [0.3, 0.4) is 0 Å². The van der Waals surface area contributed by atoms with Gasteiger partial charge < -0.3 is 10.0 Å². The van der Waals surface area contributed by atoms with Gasteiger partial charge in [0, 0.05) is 13.5 Å². The molecule has 1 atom stereocenters. The second kappa shape index (κ2) is 5.91. The Bertz CT molecular complexity index is 248. The maximum atomic E-state index is 11.8. The monoisotopic (exact) mass is 211 g/mol. The number of allylic oxidation sites excluding steroid dienone is 1. The molecule has 0 bridgehead atoms. The van der Waals surface area contributed by atoms with Crippen molar-refractivity contribution < 1.29 is 9.90 Å². The van der Waals surface area contributed by atoms with E-state index < -0.39 is 0 Å². The summed E-state index contributed by atoms with van der Waals surface area (Å²) >= 11 is 0. The Balaban J connectivity index is 2.43. The fourth-order valence-corrected chi connectivity index (χ4v) is 1.75. The molecule has 3 heteroatoms. The number of nitrogens with zero attached hydrogens (tertiary/aromatic N) is 1. The highest BCUT2D eigenvalue weighted by atomic mass is 16.3. The predicted molar refractivity (Wildman–Crippen MR) is 60.5 cm³/mol. The van der Waals surface area contributed by atoms with Crippen LogP contribution < -0.4 is 0 Å². The summed E-state index contributed by atoms with van der Waals surface area (Å²) < 4.78 is 0. The fraction of sp³-hybridized carbons (Fsp3) is 0.750. The molecule has 0 aromatic carbocycles. The molecule has 1 N–H and O–H groups in total. The Morgan fingerprint density at radius 2 is 2.33 bits per heavy atom. The summed E-state index contributed by atoms with van der Waals surface area (Å²) in [5, 5.41) is 8.95. The van der Waals surface area contributed by atoms with Crippen LogP contribution in [-0.2, 0) is 4.79 Å². The van der Waals surface area contributed by atoms with Gasteiger partial charge in [-0.3, -0.25) is 4.79 Å². The number of aliphatic hydroxyl groups is 1. The largest absolute Gasteiger partial charge is 0.394 e. The molecule has 0 fully saturated rings. The lowest BCUT2D eigenvalue weighted by molar-refractivity contribution is -0.131. The molecular formula is C12H21NO2. The molecular weight excluding hydrogens is 190 g/mol. The average Bonchev–Trinajstić information content (AvgIpc) is 2.28. The van der Waals surface area contributed by atoms with E-state index in [2.05, 4.69) is 6.08 Å². The molecule has 1 rings (SSSR count). The molecule has 0 aromatic heterocycles. The number of likely N-dealkylation sites (N-methyl/N-ethyl adjacent to an activating group) is 1. The van der Waals surface area contributed by atoms with Crippen LogP contribution >= 0.6 is 0 Å². The van der Waals surface area contributed by atoms with Gasteiger partial charge >= 0.3 is 0 Å². The summed E-state index contributed by atoms with van der Waals surface area (Å²) in [5.41, 5.74) is 1.27. The summed E-state index contributed by atoms with van der Waals surface area (Å²) in [6.45, 7) is 1.88. The Labute approximate surface area is 91.8 Å². The van der Waals surface area contributed by atoms with E-state index in [9.17, 15) is 4.79 Å². The van der Waals surface area contributed by atoms with Crippen molar-refractivity contribution in [3.05, 3.63) is 11.6 Å². The van der Waals surface area contributed by atoms with Crippen LogP contribution in [0.15, 0.2) is 11.6 Å². The Morgan fingerprint density at radius 3 is 2.87 bits per heavy atom. The quantitative estimate of drug-likeness (QED) is 0.719. The van der Waals surface area contributed by atoms with E-state index in [1.165, 1.54) is 18.4 Å². The van der Waals surface area contributed by atoms with E-state index in [4.69, 9.17) is 5.11 Å². The van der Waals surface area contributed by atoms with E-state index >= 15 is 0 Å². The molecule has 0 saturated heterocycles. The number of rotatable bonds is 4. The lowest BCUT2D eigenvalue weighted by Crippen LogP contribution is -2.37. The molecule has 0 radical (unpaired) electrons. The van der Waals surface area contributed by atoms with Crippen molar-refractivity contribution in [1.29, 1.82) is 0 Å². The summed E-state index contributed by atoms with van der Waals surface area (Å²) in [6.07, 6.45) is 7.35. The van der Waals surface area contributed by atoms with Crippen LogP contribution in [0.5, 0.6) is 0 Å². The van der Waals surface area contributed by atoms with Crippen molar-refractivity contribution in [3.8, 4) is 0 Å². The normalized spacial score (nSPS) is 18.2. The topological polar surface area (TPSA) is 40.5 Å². The highest BCUT2D eigenvalue weighted by Crippen LogP contribution is 2.20. The molecule has 1 unspecified atom stereocenters. The van der Waals surface area contributed by atoms with E-state index in [1.54, 1.807) is 11.9 Å². The van der Waals surface area contributed by atoms with E-state index in [0.717, 1.165) is 12.8 Å². The lowest BCUT2D eigenvalue weighted by atomic mass is 9.97. The molecule has 3 nitrogen and oxygen atoms in total. The zero-order valence-corrected chi connectivity index (χ0v) is 9.70. The predicted octanol–water partition coefficient (Wildman–Crippen LogP) is 1.72. The lowest BCUT2D eigenvalue weighted by Gasteiger charge is -2.24. The van der Waals surface area contributed by atoms with Crippen molar-refractivity contribution in [2.24, 2.45) is 0 Å². The van der Waals surface area contributed by atoms with Gasteiger partial charge in [0.25, 0.3) is 0 Å². The van der Waals surface area contributed by atoms with Crippen LogP contribution in [-0.4, -0.2) is 35.6 Å². The summed E-state index contributed by atoms with van der Waals surface area (Å²) in [4.78, 5) is 13.4. The molecule has 0 spiro atoms. The molecule has 1 aliphatic carbocycles. The maximum Gasteiger partial charge on any atom is 0.226 e. The fourth-order valence-electron chi connectivity index (χ4n) is 1.75. The third-order valence-electron chi connectivity index (χ3n) is 3.08. The zero-order valence-electron chi connectivity index (χ0n) is 9.70. The van der Waals surface area contributed by atoms with Gasteiger partial charge in [-0.15, -0.1) is 0 Å². The summed E-state index contributed by atoms with van der Waals surface area (Å²) in [5.74, 6) is 0.115. The van der Waals surface area contributed by atoms with Crippen molar-refractivity contribution in [3.63, 3.8) is 0 Å². The maximum absolute atomic E-state index is 11.8. The third kappa shape index (κ3) is 3.67.